The van der Waals surface area contributed by atoms with Gasteiger partial charge in [-0.2, -0.15) is 0 Å². The van der Waals surface area contributed by atoms with Gasteiger partial charge in [0, 0.05) is 17.4 Å². The highest BCUT2D eigenvalue weighted by Gasteiger charge is 2.12. The van der Waals surface area contributed by atoms with E-state index in [2.05, 4.69) is 30.1 Å². The van der Waals surface area contributed by atoms with Crippen LogP contribution in [-0.4, -0.2) is 17.3 Å². The molecule has 3 aromatic rings. The molecule has 0 N–H and O–H groups in total. The number of aromatic nitrogens is 2. The lowest BCUT2D eigenvalue weighted by Gasteiger charge is -2.06. The Bertz CT molecular complexity index is 791. The fourth-order valence-electron chi connectivity index (χ4n) is 2.23. The average molecular weight is 281 g/mol. The van der Waals surface area contributed by atoms with Crippen LogP contribution >= 0.6 is 0 Å². The summed E-state index contributed by atoms with van der Waals surface area (Å²) in [6.07, 6.45) is 0. The van der Waals surface area contributed by atoms with Crippen molar-refractivity contribution in [2.45, 2.75) is 26.7 Å². The van der Waals surface area contributed by atoms with Crippen molar-refractivity contribution in [3.8, 4) is 17.1 Å². The molecule has 21 heavy (non-hydrogen) atoms. The second kappa shape index (κ2) is 5.20. The normalized spacial score (nSPS) is 11.3. The molecule has 0 spiro atoms. The summed E-state index contributed by atoms with van der Waals surface area (Å²) in [6, 6.07) is 10.9. The summed E-state index contributed by atoms with van der Waals surface area (Å²) in [4.78, 5) is 4.68. The van der Waals surface area contributed by atoms with Gasteiger partial charge in [0.05, 0.1) is 18.3 Å². The Kier molecular flexibility index (Phi) is 3.37. The highest BCUT2D eigenvalue weighted by Crippen LogP contribution is 2.27. The van der Waals surface area contributed by atoms with E-state index in [1.807, 2.05) is 31.2 Å². The fourth-order valence-corrected chi connectivity index (χ4v) is 2.23. The zero-order chi connectivity index (χ0) is 15.0. The molecule has 0 aliphatic carbocycles. The number of hydrogen-bond acceptors (Lipinski definition) is 4. The van der Waals surface area contributed by atoms with Crippen molar-refractivity contribution in [3.05, 3.63) is 41.7 Å². The van der Waals surface area contributed by atoms with Gasteiger partial charge in [0.2, 0.25) is 0 Å². The van der Waals surface area contributed by atoms with Gasteiger partial charge in [0.15, 0.2) is 0 Å². The van der Waals surface area contributed by atoms with E-state index in [0.717, 1.165) is 39.4 Å². The van der Waals surface area contributed by atoms with Crippen LogP contribution in [0.1, 0.15) is 31.1 Å². The van der Waals surface area contributed by atoms with E-state index in [1.54, 1.807) is 7.11 Å². The first-order chi connectivity index (χ1) is 10.1. The van der Waals surface area contributed by atoms with Crippen molar-refractivity contribution < 1.29 is 9.26 Å². The Balaban J connectivity index is 2.10. The quantitative estimate of drug-likeness (QED) is 0.724. The largest absolute Gasteiger partial charge is 0.497 e. The topological polar surface area (TPSA) is 48.2 Å². The van der Waals surface area contributed by atoms with E-state index in [-0.39, 0.29) is 0 Å². The zero-order valence-corrected chi connectivity index (χ0v) is 12.6. The van der Waals surface area contributed by atoms with Crippen molar-refractivity contribution in [2.24, 2.45) is 0 Å². The Hall–Kier alpha value is -2.36. The van der Waals surface area contributed by atoms with Gasteiger partial charge in [-0.05, 0) is 36.8 Å². The molecule has 0 amide bonds. The fraction of sp³-hybridized carbons (Fsp3) is 0.294. The van der Waals surface area contributed by atoms with Crippen LogP contribution in [0.4, 0.5) is 0 Å². The Morgan fingerprint density at radius 2 is 2.00 bits per heavy atom. The molecule has 2 aromatic heterocycles. The lowest BCUT2D eigenvalue weighted by molar-refractivity contribution is 0.373. The predicted molar refractivity (Wildman–Crippen MR) is 81.5 cm³/mol. The van der Waals surface area contributed by atoms with Crippen LogP contribution in [0, 0.1) is 13.0 Å². The molecular weight excluding hydrogens is 264 g/mol. The third-order valence-corrected chi connectivity index (χ3v) is 3.47. The van der Waals surface area contributed by atoms with Crippen LogP contribution in [0.2, 0.25) is 0 Å². The minimum atomic E-state index is 0.307. The molecule has 2 heterocycles. The van der Waals surface area contributed by atoms with Gasteiger partial charge >= 0.3 is 0 Å². The number of methoxy groups -OCH3 is 1. The first kappa shape index (κ1) is 13.6. The van der Waals surface area contributed by atoms with Gasteiger partial charge in [-0.25, -0.2) is 4.98 Å². The maximum absolute atomic E-state index is 5.34. The number of pyridine rings is 1. The van der Waals surface area contributed by atoms with Gasteiger partial charge in [-0.1, -0.05) is 19.0 Å². The summed E-state index contributed by atoms with van der Waals surface area (Å²) in [7, 11) is 1.66. The van der Waals surface area contributed by atoms with Crippen LogP contribution in [0.3, 0.4) is 0 Å². The summed E-state index contributed by atoms with van der Waals surface area (Å²) in [6.45, 7) is 6.15. The summed E-state index contributed by atoms with van der Waals surface area (Å²) in [5.74, 6) is 1.98. The molecule has 0 saturated heterocycles. The van der Waals surface area contributed by atoms with Crippen molar-refractivity contribution in [1.82, 2.24) is 10.1 Å². The lowest BCUT2D eigenvalue weighted by atomic mass is 10.1. The van der Waals surface area contributed by atoms with Gasteiger partial charge in [-0.3, -0.25) is 0 Å². The molecular formula is C17H17N2O2. The molecule has 4 heteroatoms. The molecule has 0 bridgehead atoms. The van der Waals surface area contributed by atoms with Crippen molar-refractivity contribution >= 4 is 10.9 Å². The van der Waals surface area contributed by atoms with Gasteiger partial charge in [-0.15, -0.1) is 0 Å². The number of fused-ring (bicyclic) bond motifs is 1. The highest BCUT2D eigenvalue weighted by atomic mass is 16.5. The van der Waals surface area contributed by atoms with Gasteiger partial charge in [0.25, 0.3) is 0 Å². The molecule has 1 aromatic carbocycles. The second-order valence-corrected chi connectivity index (χ2v) is 5.40. The van der Waals surface area contributed by atoms with E-state index in [9.17, 15) is 0 Å². The van der Waals surface area contributed by atoms with Crippen LogP contribution in [-0.2, 0) is 0 Å². The number of benzene rings is 1. The Labute approximate surface area is 123 Å². The van der Waals surface area contributed by atoms with E-state index in [0.29, 0.717) is 5.92 Å². The molecule has 0 atom stereocenters. The van der Waals surface area contributed by atoms with Crippen LogP contribution < -0.4 is 4.74 Å². The number of hydrogen-bond donors (Lipinski definition) is 0. The van der Waals surface area contributed by atoms with Crippen LogP contribution in [0.15, 0.2) is 28.8 Å². The second-order valence-electron chi connectivity index (χ2n) is 5.40. The molecule has 0 aliphatic heterocycles. The molecule has 0 unspecified atom stereocenters. The number of aryl methyl sites for hydroxylation is 1. The highest BCUT2D eigenvalue weighted by molar-refractivity contribution is 5.84. The zero-order valence-electron chi connectivity index (χ0n) is 12.6. The monoisotopic (exact) mass is 281 g/mol. The predicted octanol–water partition coefficient (Wildman–Crippen LogP) is 4.13. The third kappa shape index (κ3) is 2.49. The summed E-state index contributed by atoms with van der Waals surface area (Å²) in [5.41, 5.74) is 3.47. The van der Waals surface area contributed by atoms with Crippen LogP contribution in [0.5, 0.6) is 5.75 Å². The SMILES string of the molecule is COc1cc(C)c2nc(-c3cc(C(C)C)on3)c[c]c2c1. The van der Waals surface area contributed by atoms with E-state index < -0.39 is 0 Å². The van der Waals surface area contributed by atoms with Crippen LogP contribution in [0.25, 0.3) is 22.3 Å². The molecule has 0 fully saturated rings. The smallest absolute Gasteiger partial charge is 0.139 e. The maximum Gasteiger partial charge on any atom is 0.139 e. The summed E-state index contributed by atoms with van der Waals surface area (Å²) in [5, 5.41) is 5.03. The molecule has 0 aliphatic rings. The number of nitrogens with zero attached hydrogens (tertiary/aromatic N) is 2. The maximum atomic E-state index is 5.34. The van der Waals surface area contributed by atoms with Crippen molar-refractivity contribution in [1.29, 1.82) is 0 Å². The average Bonchev–Trinajstić information content (AvgIpc) is 2.97. The van der Waals surface area contributed by atoms with E-state index in [1.165, 1.54) is 0 Å². The number of rotatable bonds is 3. The van der Waals surface area contributed by atoms with E-state index in [4.69, 9.17) is 9.26 Å². The lowest BCUT2D eigenvalue weighted by Crippen LogP contribution is -1.91. The standard InChI is InChI=1S/C17H17N2O2/c1-10(2)16-9-15(19-21-16)14-6-5-12-8-13(20-4)7-11(3)17(12)18-14/h6-10H,1-4H3. The molecule has 0 saturated carbocycles. The molecule has 4 nitrogen and oxygen atoms in total. The third-order valence-electron chi connectivity index (χ3n) is 3.47. The number of ether oxygens (including phenoxy) is 1. The van der Waals surface area contributed by atoms with Crippen molar-refractivity contribution in [2.75, 3.05) is 7.11 Å². The van der Waals surface area contributed by atoms with E-state index >= 15 is 0 Å². The molecule has 1 radical (unpaired) electrons. The summed E-state index contributed by atoms with van der Waals surface area (Å²) >= 11 is 0. The molecule has 3 rings (SSSR count). The first-order valence-corrected chi connectivity index (χ1v) is 6.92. The van der Waals surface area contributed by atoms with Gasteiger partial charge in [0.1, 0.15) is 17.2 Å². The summed E-state index contributed by atoms with van der Waals surface area (Å²) < 4.78 is 10.6. The Morgan fingerprint density at radius 3 is 2.67 bits per heavy atom. The van der Waals surface area contributed by atoms with Crippen molar-refractivity contribution in [3.63, 3.8) is 0 Å². The Morgan fingerprint density at radius 1 is 1.19 bits per heavy atom. The van der Waals surface area contributed by atoms with Gasteiger partial charge < -0.3 is 9.26 Å². The molecule has 107 valence electrons. The minimum absolute atomic E-state index is 0.307. The first-order valence-electron chi connectivity index (χ1n) is 6.92. The minimum Gasteiger partial charge on any atom is -0.497 e.